The number of nitrogens with zero attached hydrogens (tertiary/aromatic N) is 1. The number of nitrogens with one attached hydrogen (secondary N) is 2. The number of rotatable bonds is 10. The average molecular weight is 425 g/mol. The number of thiophene rings is 1. The minimum atomic E-state index is 0. The summed E-state index contributed by atoms with van der Waals surface area (Å²) >= 11 is 1.80. The molecule has 6 heteroatoms. The molecule has 0 aliphatic heterocycles. The van der Waals surface area contributed by atoms with E-state index in [-0.39, 0.29) is 24.0 Å². The van der Waals surface area contributed by atoms with Crippen LogP contribution in [0.3, 0.4) is 0 Å². The minimum Gasteiger partial charge on any atom is -0.382 e. The Morgan fingerprint density at radius 2 is 2.14 bits per heavy atom. The minimum absolute atomic E-state index is 0. The third kappa shape index (κ3) is 11.0. The Labute approximate surface area is 149 Å². The van der Waals surface area contributed by atoms with Crippen LogP contribution in [-0.4, -0.2) is 38.8 Å². The van der Waals surface area contributed by atoms with Crippen molar-refractivity contribution in [3.05, 3.63) is 22.4 Å². The van der Waals surface area contributed by atoms with Gasteiger partial charge in [-0.1, -0.05) is 6.07 Å². The Morgan fingerprint density at radius 1 is 1.29 bits per heavy atom. The van der Waals surface area contributed by atoms with Gasteiger partial charge in [0.25, 0.3) is 0 Å². The third-order valence-corrected chi connectivity index (χ3v) is 3.70. The van der Waals surface area contributed by atoms with Gasteiger partial charge < -0.3 is 15.4 Å². The summed E-state index contributed by atoms with van der Waals surface area (Å²) in [4.78, 5) is 5.98. The van der Waals surface area contributed by atoms with Crippen LogP contribution in [0.5, 0.6) is 0 Å². The summed E-state index contributed by atoms with van der Waals surface area (Å²) in [7, 11) is 0. The average Bonchev–Trinajstić information content (AvgIpc) is 2.96. The van der Waals surface area contributed by atoms with Crippen molar-refractivity contribution < 1.29 is 4.74 Å². The van der Waals surface area contributed by atoms with Gasteiger partial charge in [0.2, 0.25) is 0 Å². The van der Waals surface area contributed by atoms with E-state index in [1.807, 2.05) is 6.92 Å². The highest BCUT2D eigenvalue weighted by Crippen LogP contribution is 2.07. The highest BCUT2D eigenvalue weighted by molar-refractivity contribution is 14.0. The lowest BCUT2D eigenvalue weighted by atomic mass is 10.3. The van der Waals surface area contributed by atoms with E-state index in [1.54, 1.807) is 11.3 Å². The lowest BCUT2D eigenvalue weighted by Gasteiger charge is -2.10. The largest absolute Gasteiger partial charge is 0.382 e. The summed E-state index contributed by atoms with van der Waals surface area (Å²) in [6.07, 6.45) is 3.19. The molecule has 0 saturated heterocycles. The van der Waals surface area contributed by atoms with Crippen molar-refractivity contribution in [1.29, 1.82) is 0 Å². The molecular formula is C15H28IN3OS. The summed E-state index contributed by atoms with van der Waals surface area (Å²) in [5, 5.41) is 8.77. The SMILES string of the molecule is CCNC(=NCCCCOCC)NCCc1cccs1.I. The lowest BCUT2D eigenvalue weighted by molar-refractivity contribution is 0.144. The fraction of sp³-hybridized carbons (Fsp3) is 0.667. The molecule has 0 aliphatic rings. The maximum Gasteiger partial charge on any atom is 0.191 e. The van der Waals surface area contributed by atoms with Gasteiger partial charge in [-0.05, 0) is 44.6 Å². The van der Waals surface area contributed by atoms with Crippen LogP contribution in [0.2, 0.25) is 0 Å². The second-order valence-corrected chi connectivity index (χ2v) is 5.45. The molecule has 1 heterocycles. The molecule has 1 aromatic heterocycles. The van der Waals surface area contributed by atoms with Crippen LogP contribution in [0.4, 0.5) is 0 Å². The molecule has 0 atom stereocenters. The number of hydrogen-bond acceptors (Lipinski definition) is 3. The van der Waals surface area contributed by atoms with E-state index in [2.05, 4.69) is 40.1 Å². The van der Waals surface area contributed by atoms with E-state index >= 15 is 0 Å². The van der Waals surface area contributed by atoms with Gasteiger partial charge in [0.15, 0.2) is 5.96 Å². The number of guanidine groups is 1. The van der Waals surface area contributed by atoms with Gasteiger partial charge in [0.1, 0.15) is 0 Å². The summed E-state index contributed by atoms with van der Waals surface area (Å²) in [5.41, 5.74) is 0. The normalized spacial score (nSPS) is 11.0. The van der Waals surface area contributed by atoms with Crippen molar-refractivity contribution in [2.45, 2.75) is 33.1 Å². The fourth-order valence-corrected chi connectivity index (χ4v) is 2.46. The molecule has 0 amide bonds. The molecule has 0 unspecified atom stereocenters. The number of halogens is 1. The summed E-state index contributed by atoms with van der Waals surface area (Å²) in [6, 6.07) is 4.27. The van der Waals surface area contributed by atoms with E-state index < -0.39 is 0 Å². The number of ether oxygens (including phenoxy) is 1. The molecule has 0 aliphatic carbocycles. The van der Waals surface area contributed by atoms with Gasteiger partial charge in [-0.25, -0.2) is 0 Å². The quantitative estimate of drug-likeness (QED) is 0.262. The molecule has 122 valence electrons. The Hall–Kier alpha value is -0.340. The van der Waals surface area contributed by atoms with Crippen LogP contribution in [0.15, 0.2) is 22.5 Å². The lowest BCUT2D eigenvalue weighted by Crippen LogP contribution is -2.38. The van der Waals surface area contributed by atoms with Gasteiger partial charge in [0, 0.05) is 37.7 Å². The summed E-state index contributed by atoms with van der Waals surface area (Å²) < 4.78 is 5.32. The van der Waals surface area contributed by atoms with E-state index in [0.717, 1.165) is 58.1 Å². The van der Waals surface area contributed by atoms with Gasteiger partial charge >= 0.3 is 0 Å². The van der Waals surface area contributed by atoms with Gasteiger partial charge in [-0.2, -0.15) is 0 Å². The second kappa shape index (κ2) is 14.6. The maximum atomic E-state index is 5.32. The van der Waals surface area contributed by atoms with Crippen molar-refractivity contribution in [2.24, 2.45) is 4.99 Å². The van der Waals surface area contributed by atoms with Crippen LogP contribution in [0, 0.1) is 0 Å². The zero-order valence-electron chi connectivity index (χ0n) is 13.1. The standard InChI is InChI=1S/C15H27N3OS.HI/c1-3-16-15(17-10-5-6-12-19-4-2)18-11-9-14-8-7-13-20-14;/h7-8,13H,3-6,9-12H2,1-2H3,(H2,16,17,18);1H. The molecule has 0 fully saturated rings. The topological polar surface area (TPSA) is 45.7 Å². The van der Waals surface area contributed by atoms with Gasteiger partial charge in [0.05, 0.1) is 0 Å². The highest BCUT2D eigenvalue weighted by Gasteiger charge is 1.98. The van der Waals surface area contributed by atoms with E-state index in [0.29, 0.717) is 0 Å². The fourth-order valence-electron chi connectivity index (χ4n) is 1.75. The molecule has 0 aromatic carbocycles. The predicted octanol–water partition coefficient (Wildman–Crippen LogP) is 3.28. The third-order valence-electron chi connectivity index (χ3n) is 2.76. The Kier molecular flexibility index (Phi) is 14.4. The Bertz CT molecular complexity index is 358. The Balaban J connectivity index is 0.00000400. The van der Waals surface area contributed by atoms with E-state index in [1.165, 1.54) is 4.88 Å². The van der Waals surface area contributed by atoms with Crippen LogP contribution in [0.1, 0.15) is 31.6 Å². The van der Waals surface area contributed by atoms with Crippen molar-refractivity contribution >= 4 is 41.3 Å². The molecule has 0 spiro atoms. The van der Waals surface area contributed by atoms with Gasteiger partial charge in [-0.3, -0.25) is 4.99 Å². The van der Waals surface area contributed by atoms with Crippen LogP contribution in [-0.2, 0) is 11.2 Å². The highest BCUT2D eigenvalue weighted by atomic mass is 127. The van der Waals surface area contributed by atoms with Crippen molar-refractivity contribution in [3.63, 3.8) is 0 Å². The first kappa shape index (κ1) is 20.7. The molecule has 1 aromatic rings. The number of hydrogen-bond donors (Lipinski definition) is 2. The number of unbranched alkanes of at least 4 members (excludes halogenated alkanes) is 1. The first-order chi connectivity index (χ1) is 9.86. The second-order valence-electron chi connectivity index (χ2n) is 4.42. The van der Waals surface area contributed by atoms with Crippen molar-refractivity contribution in [1.82, 2.24) is 10.6 Å². The van der Waals surface area contributed by atoms with Crippen LogP contribution >= 0.6 is 35.3 Å². The molecule has 21 heavy (non-hydrogen) atoms. The first-order valence-corrected chi connectivity index (χ1v) is 8.37. The monoisotopic (exact) mass is 425 g/mol. The van der Waals surface area contributed by atoms with Crippen molar-refractivity contribution in [2.75, 3.05) is 32.8 Å². The maximum absolute atomic E-state index is 5.32. The molecule has 0 radical (unpaired) electrons. The van der Waals surface area contributed by atoms with Crippen molar-refractivity contribution in [3.8, 4) is 0 Å². The molecule has 4 nitrogen and oxygen atoms in total. The zero-order valence-corrected chi connectivity index (χ0v) is 16.2. The van der Waals surface area contributed by atoms with E-state index in [9.17, 15) is 0 Å². The Morgan fingerprint density at radius 3 is 2.81 bits per heavy atom. The van der Waals surface area contributed by atoms with E-state index in [4.69, 9.17) is 4.74 Å². The summed E-state index contributed by atoms with van der Waals surface area (Å²) in [6.45, 7) is 8.42. The smallest absolute Gasteiger partial charge is 0.191 e. The number of aliphatic imine (C=N–C) groups is 1. The summed E-state index contributed by atoms with van der Waals surface area (Å²) in [5.74, 6) is 0.917. The molecular weight excluding hydrogens is 397 g/mol. The zero-order chi connectivity index (χ0) is 14.5. The first-order valence-electron chi connectivity index (χ1n) is 7.49. The predicted molar refractivity (Wildman–Crippen MR) is 103 cm³/mol. The van der Waals surface area contributed by atoms with Crippen LogP contribution in [0.25, 0.3) is 0 Å². The molecule has 2 N–H and O–H groups in total. The van der Waals surface area contributed by atoms with Gasteiger partial charge in [-0.15, -0.1) is 35.3 Å². The van der Waals surface area contributed by atoms with Crippen LogP contribution < -0.4 is 10.6 Å². The molecule has 0 bridgehead atoms. The molecule has 0 saturated carbocycles. The molecule has 1 rings (SSSR count).